The Labute approximate surface area is 99.6 Å². The molecule has 0 bridgehead atoms. The van der Waals surface area contributed by atoms with E-state index in [-0.39, 0.29) is 12.1 Å². The van der Waals surface area contributed by atoms with E-state index in [9.17, 15) is 0 Å². The molecule has 1 aromatic heterocycles. The van der Waals surface area contributed by atoms with E-state index in [1.165, 1.54) is 6.20 Å². The van der Waals surface area contributed by atoms with Crippen molar-refractivity contribution < 1.29 is 4.74 Å². The molecule has 88 valence electrons. The van der Waals surface area contributed by atoms with Crippen LogP contribution in [0.5, 0.6) is 0 Å². The molecule has 1 aliphatic heterocycles. The average molecular weight is 243 g/mol. The zero-order chi connectivity index (χ0) is 11.5. The number of piperidine rings is 1. The molecule has 1 aromatic rings. The highest BCUT2D eigenvalue weighted by Gasteiger charge is 2.22. The first kappa shape index (κ1) is 11.4. The molecule has 0 saturated carbocycles. The fourth-order valence-corrected chi connectivity index (χ4v) is 2.13. The third kappa shape index (κ3) is 2.36. The number of anilines is 2. The molecule has 2 rings (SSSR count). The second kappa shape index (κ2) is 4.84. The maximum atomic E-state index is 6.06. The fourth-order valence-electron chi connectivity index (χ4n) is 1.92. The van der Waals surface area contributed by atoms with Crippen LogP contribution in [0.4, 0.5) is 11.8 Å². The van der Waals surface area contributed by atoms with Gasteiger partial charge in [0, 0.05) is 20.2 Å². The maximum Gasteiger partial charge on any atom is 0.222 e. The van der Waals surface area contributed by atoms with Gasteiger partial charge >= 0.3 is 0 Å². The van der Waals surface area contributed by atoms with E-state index >= 15 is 0 Å². The number of rotatable bonds is 2. The lowest BCUT2D eigenvalue weighted by Crippen LogP contribution is -2.40. The smallest absolute Gasteiger partial charge is 0.222 e. The van der Waals surface area contributed by atoms with Crippen molar-refractivity contribution in [1.29, 1.82) is 0 Å². The summed E-state index contributed by atoms with van der Waals surface area (Å²) in [5, 5.41) is 0.533. The van der Waals surface area contributed by atoms with Crippen molar-refractivity contribution in [3.8, 4) is 0 Å². The van der Waals surface area contributed by atoms with E-state index in [4.69, 9.17) is 22.1 Å². The quantitative estimate of drug-likeness (QED) is 0.848. The molecule has 0 amide bonds. The molecule has 16 heavy (non-hydrogen) atoms. The zero-order valence-electron chi connectivity index (χ0n) is 9.19. The summed E-state index contributed by atoms with van der Waals surface area (Å²) in [6, 6.07) is 0. The molecule has 5 nitrogen and oxygen atoms in total. The summed E-state index contributed by atoms with van der Waals surface area (Å²) in [5.41, 5.74) is 5.56. The number of aromatic nitrogens is 2. The highest BCUT2D eigenvalue weighted by molar-refractivity contribution is 6.32. The molecule has 6 heteroatoms. The highest BCUT2D eigenvalue weighted by atomic mass is 35.5. The van der Waals surface area contributed by atoms with E-state index in [0.29, 0.717) is 10.8 Å². The summed E-state index contributed by atoms with van der Waals surface area (Å²) < 4.78 is 5.35. The van der Waals surface area contributed by atoms with Gasteiger partial charge in [-0.05, 0) is 12.8 Å². The second-order valence-corrected chi connectivity index (χ2v) is 4.25. The first-order chi connectivity index (χ1) is 7.70. The zero-order valence-corrected chi connectivity index (χ0v) is 9.94. The van der Waals surface area contributed by atoms with Gasteiger partial charge in [0.1, 0.15) is 5.02 Å². The Morgan fingerprint density at radius 1 is 1.62 bits per heavy atom. The Hall–Kier alpha value is -1.07. The van der Waals surface area contributed by atoms with Gasteiger partial charge in [-0.3, -0.25) is 0 Å². The standard InChI is InChI=1S/C10H15ClN4O/c1-16-7-3-2-4-15(6-7)9-8(11)5-13-10(12)14-9/h5,7H,2-4,6H2,1H3,(H2,12,13,14). The molecule has 2 N–H and O–H groups in total. The van der Waals surface area contributed by atoms with Crippen molar-refractivity contribution in [2.45, 2.75) is 18.9 Å². The Bertz CT molecular complexity index is 374. The largest absolute Gasteiger partial charge is 0.380 e. The van der Waals surface area contributed by atoms with Gasteiger partial charge in [0.05, 0.1) is 12.3 Å². The number of methoxy groups -OCH3 is 1. The van der Waals surface area contributed by atoms with Crippen LogP contribution in [0, 0.1) is 0 Å². The molecule has 2 heterocycles. The Kier molecular flexibility index (Phi) is 3.46. The first-order valence-corrected chi connectivity index (χ1v) is 5.64. The van der Waals surface area contributed by atoms with Crippen LogP contribution < -0.4 is 10.6 Å². The van der Waals surface area contributed by atoms with Crippen molar-refractivity contribution >= 4 is 23.4 Å². The Morgan fingerprint density at radius 3 is 3.19 bits per heavy atom. The second-order valence-electron chi connectivity index (χ2n) is 3.85. The van der Waals surface area contributed by atoms with Crippen molar-refractivity contribution in [3.63, 3.8) is 0 Å². The third-order valence-electron chi connectivity index (χ3n) is 2.76. The monoisotopic (exact) mass is 242 g/mol. The summed E-state index contributed by atoms with van der Waals surface area (Å²) in [7, 11) is 1.73. The molecule has 0 aromatic carbocycles. The predicted octanol–water partition coefficient (Wildman–Crippen LogP) is 1.33. The minimum absolute atomic E-state index is 0.237. The van der Waals surface area contributed by atoms with Gasteiger partial charge in [-0.2, -0.15) is 4.98 Å². The Balaban J connectivity index is 2.19. The number of hydrogen-bond acceptors (Lipinski definition) is 5. The van der Waals surface area contributed by atoms with Crippen LogP contribution in [0.3, 0.4) is 0 Å². The molecule has 1 atom stereocenters. The summed E-state index contributed by atoms with van der Waals surface area (Å²) in [5.74, 6) is 0.954. The predicted molar refractivity (Wildman–Crippen MR) is 63.7 cm³/mol. The van der Waals surface area contributed by atoms with Crippen LogP contribution in [-0.2, 0) is 4.74 Å². The Morgan fingerprint density at radius 2 is 2.44 bits per heavy atom. The van der Waals surface area contributed by atoms with E-state index in [1.54, 1.807) is 7.11 Å². The summed E-state index contributed by atoms with van der Waals surface area (Å²) in [6.07, 6.45) is 3.92. The molecule has 0 spiro atoms. The van der Waals surface area contributed by atoms with Gasteiger partial charge in [0.25, 0.3) is 0 Å². The summed E-state index contributed by atoms with van der Waals surface area (Å²) in [4.78, 5) is 10.1. The maximum absolute atomic E-state index is 6.06. The molecule has 1 saturated heterocycles. The molecular weight excluding hydrogens is 228 g/mol. The van der Waals surface area contributed by atoms with Gasteiger partial charge in [-0.1, -0.05) is 11.6 Å². The normalized spacial score (nSPS) is 21.1. The fraction of sp³-hybridized carbons (Fsp3) is 0.600. The number of nitrogen functional groups attached to an aromatic ring is 1. The highest BCUT2D eigenvalue weighted by Crippen LogP contribution is 2.26. The first-order valence-electron chi connectivity index (χ1n) is 5.26. The lowest BCUT2D eigenvalue weighted by Gasteiger charge is -2.33. The molecule has 0 aliphatic carbocycles. The minimum Gasteiger partial charge on any atom is -0.380 e. The molecular formula is C10H15ClN4O. The number of halogens is 1. The SMILES string of the molecule is COC1CCCN(c2nc(N)ncc2Cl)C1. The number of nitrogens with two attached hydrogens (primary N) is 1. The molecule has 1 unspecified atom stereocenters. The van der Waals surface area contributed by atoms with Crippen molar-refractivity contribution in [2.24, 2.45) is 0 Å². The van der Waals surface area contributed by atoms with Gasteiger partial charge < -0.3 is 15.4 Å². The van der Waals surface area contributed by atoms with Crippen LogP contribution in [0.1, 0.15) is 12.8 Å². The molecule has 0 radical (unpaired) electrons. The number of nitrogens with zero attached hydrogens (tertiary/aromatic N) is 3. The van der Waals surface area contributed by atoms with Crippen molar-refractivity contribution in [2.75, 3.05) is 30.8 Å². The van der Waals surface area contributed by atoms with Crippen LogP contribution in [0.2, 0.25) is 5.02 Å². The van der Waals surface area contributed by atoms with Gasteiger partial charge in [0.2, 0.25) is 5.95 Å². The van der Waals surface area contributed by atoms with Crippen molar-refractivity contribution in [3.05, 3.63) is 11.2 Å². The summed E-state index contributed by atoms with van der Waals surface area (Å²) >= 11 is 6.06. The van der Waals surface area contributed by atoms with Crippen LogP contribution >= 0.6 is 11.6 Å². The topological polar surface area (TPSA) is 64.3 Å². The van der Waals surface area contributed by atoms with Gasteiger partial charge in [-0.15, -0.1) is 0 Å². The van der Waals surface area contributed by atoms with Crippen LogP contribution in [0.25, 0.3) is 0 Å². The van der Waals surface area contributed by atoms with E-state index in [1.807, 2.05) is 0 Å². The van der Waals surface area contributed by atoms with E-state index in [0.717, 1.165) is 25.9 Å². The average Bonchev–Trinajstić information content (AvgIpc) is 2.32. The third-order valence-corrected chi connectivity index (χ3v) is 3.02. The lowest BCUT2D eigenvalue weighted by molar-refractivity contribution is 0.0891. The molecule has 1 fully saturated rings. The van der Waals surface area contributed by atoms with Crippen molar-refractivity contribution in [1.82, 2.24) is 9.97 Å². The van der Waals surface area contributed by atoms with Gasteiger partial charge in [-0.25, -0.2) is 4.98 Å². The number of ether oxygens (including phenoxy) is 1. The molecule has 1 aliphatic rings. The van der Waals surface area contributed by atoms with E-state index < -0.39 is 0 Å². The van der Waals surface area contributed by atoms with Gasteiger partial charge in [0.15, 0.2) is 5.82 Å². The summed E-state index contributed by atoms with van der Waals surface area (Å²) in [6.45, 7) is 1.72. The van der Waals surface area contributed by atoms with E-state index in [2.05, 4.69) is 14.9 Å². The number of hydrogen-bond donors (Lipinski definition) is 1. The minimum atomic E-state index is 0.237. The van der Waals surface area contributed by atoms with Crippen LogP contribution in [-0.4, -0.2) is 36.3 Å². The van der Waals surface area contributed by atoms with Crippen LogP contribution in [0.15, 0.2) is 6.20 Å². The lowest BCUT2D eigenvalue weighted by atomic mass is 10.1.